The van der Waals surface area contributed by atoms with Gasteiger partial charge in [-0.05, 0) is 19.1 Å². The monoisotopic (exact) mass is 333 g/mol. The van der Waals surface area contributed by atoms with Crippen molar-refractivity contribution in [2.45, 2.75) is 13.1 Å². The lowest BCUT2D eigenvalue weighted by molar-refractivity contribution is -0.202. The van der Waals surface area contributed by atoms with Crippen LogP contribution in [0.5, 0.6) is 5.75 Å². The standard InChI is InChI=1S/C13H14F3N3O4/c1-2-22-9-3-4-10(18-7-9)19(11(20)8-5-17-6-8)23-12(21)13(14,15)16/h3-4,7-8,17H,2,5-6H2,1H3. The van der Waals surface area contributed by atoms with E-state index in [1.165, 1.54) is 18.3 Å². The number of hydroxylamine groups is 1. The van der Waals surface area contributed by atoms with Crippen molar-refractivity contribution in [3.05, 3.63) is 18.3 Å². The van der Waals surface area contributed by atoms with Gasteiger partial charge in [0.2, 0.25) is 0 Å². The largest absolute Gasteiger partial charge is 0.493 e. The number of nitrogens with zero attached hydrogens (tertiary/aromatic N) is 2. The van der Waals surface area contributed by atoms with E-state index in [0.29, 0.717) is 12.4 Å². The van der Waals surface area contributed by atoms with E-state index in [0.717, 1.165) is 0 Å². The van der Waals surface area contributed by atoms with E-state index in [1.54, 1.807) is 6.92 Å². The maximum absolute atomic E-state index is 12.4. The Morgan fingerprint density at radius 3 is 2.52 bits per heavy atom. The molecule has 7 nitrogen and oxygen atoms in total. The summed E-state index contributed by atoms with van der Waals surface area (Å²) in [5, 5.41) is 3.08. The van der Waals surface area contributed by atoms with Gasteiger partial charge in [0.25, 0.3) is 5.91 Å². The maximum Gasteiger partial charge on any atom is 0.493 e. The fraction of sp³-hybridized carbons (Fsp3) is 0.462. The lowest BCUT2D eigenvalue weighted by Crippen LogP contribution is -2.53. The number of carbonyl (C=O) groups excluding carboxylic acids is 2. The quantitative estimate of drug-likeness (QED) is 0.830. The van der Waals surface area contributed by atoms with E-state index in [-0.39, 0.29) is 24.0 Å². The summed E-state index contributed by atoms with van der Waals surface area (Å²) in [6, 6.07) is 2.64. The molecule has 0 aliphatic carbocycles. The Balaban J connectivity index is 2.21. The number of carbonyl (C=O) groups is 2. The Hall–Kier alpha value is -2.36. The van der Waals surface area contributed by atoms with Gasteiger partial charge in [0, 0.05) is 13.1 Å². The number of hydrogen-bond donors (Lipinski definition) is 1. The summed E-state index contributed by atoms with van der Waals surface area (Å²) in [5.41, 5.74) is 0. The molecule has 0 unspecified atom stereocenters. The van der Waals surface area contributed by atoms with Crippen molar-refractivity contribution < 1.29 is 32.3 Å². The molecule has 0 atom stereocenters. The molecule has 1 fully saturated rings. The number of hydrogen-bond acceptors (Lipinski definition) is 6. The van der Waals surface area contributed by atoms with Gasteiger partial charge in [-0.15, -0.1) is 5.06 Å². The topological polar surface area (TPSA) is 80.8 Å². The van der Waals surface area contributed by atoms with Crippen LogP contribution in [0.2, 0.25) is 0 Å². The summed E-state index contributed by atoms with van der Waals surface area (Å²) in [6.45, 7) is 2.70. The summed E-state index contributed by atoms with van der Waals surface area (Å²) in [7, 11) is 0. The molecule has 23 heavy (non-hydrogen) atoms. The van der Waals surface area contributed by atoms with Gasteiger partial charge in [-0.2, -0.15) is 13.2 Å². The number of rotatable bonds is 4. The third-order valence-electron chi connectivity index (χ3n) is 2.98. The zero-order valence-corrected chi connectivity index (χ0v) is 12.1. The van der Waals surface area contributed by atoms with Gasteiger partial charge >= 0.3 is 12.1 Å². The van der Waals surface area contributed by atoms with Crippen LogP contribution in [0.4, 0.5) is 19.0 Å². The van der Waals surface area contributed by atoms with Crippen molar-refractivity contribution in [2.75, 3.05) is 24.8 Å². The summed E-state index contributed by atoms with van der Waals surface area (Å²) in [5.74, 6) is -3.71. The fourth-order valence-corrected chi connectivity index (χ4v) is 1.71. The molecule has 1 saturated heterocycles. The summed E-state index contributed by atoms with van der Waals surface area (Å²) in [6.07, 6.45) is -4.00. The normalized spacial score (nSPS) is 14.8. The maximum atomic E-state index is 12.4. The first kappa shape index (κ1) is 17.0. The van der Waals surface area contributed by atoms with Crippen LogP contribution >= 0.6 is 0 Å². The minimum absolute atomic E-state index is 0.233. The zero-order valence-electron chi connectivity index (χ0n) is 12.1. The number of alkyl halides is 3. The van der Waals surface area contributed by atoms with Crippen molar-refractivity contribution in [3.8, 4) is 5.75 Å². The second kappa shape index (κ2) is 6.82. The van der Waals surface area contributed by atoms with E-state index in [1.807, 2.05) is 0 Å². The van der Waals surface area contributed by atoms with Gasteiger partial charge in [0.05, 0.1) is 18.7 Å². The lowest BCUT2D eigenvalue weighted by atomic mass is 10.0. The van der Waals surface area contributed by atoms with Gasteiger partial charge in [-0.1, -0.05) is 0 Å². The van der Waals surface area contributed by atoms with Gasteiger partial charge in [-0.3, -0.25) is 4.79 Å². The van der Waals surface area contributed by atoms with Crippen LogP contribution in [0.25, 0.3) is 0 Å². The number of pyridine rings is 1. The van der Waals surface area contributed by atoms with Crippen LogP contribution in [0, 0.1) is 5.92 Å². The van der Waals surface area contributed by atoms with Crippen molar-refractivity contribution in [3.63, 3.8) is 0 Å². The third-order valence-corrected chi connectivity index (χ3v) is 2.98. The molecule has 1 aromatic heterocycles. The van der Waals surface area contributed by atoms with Crippen LogP contribution in [0.1, 0.15) is 6.92 Å². The van der Waals surface area contributed by atoms with E-state index < -0.39 is 24.0 Å². The molecule has 0 radical (unpaired) electrons. The molecule has 10 heteroatoms. The molecule has 1 amide bonds. The number of ether oxygens (including phenoxy) is 1. The van der Waals surface area contributed by atoms with Crippen LogP contribution in [0.3, 0.4) is 0 Å². The number of amides is 1. The molecular weight excluding hydrogens is 319 g/mol. The first-order valence-corrected chi connectivity index (χ1v) is 6.75. The average molecular weight is 333 g/mol. The number of halogens is 3. The Labute approximate surface area is 129 Å². The minimum atomic E-state index is -5.22. The first-order chi connectivity index (χ1) is 10.8. The Morgan fingerprint density at radius 2 is 2.09 bits per heavy atom. The summed E-state index contributed by atoms with van der Waals surface area (Å²) >= 11 is 0. The van der Waals surface area contributed by atoms with E-state index in [2.05, 4.69) is 15.1 Å². The third kappa shape index (κ3) is 4.09. The highest BCUT2D eigenvalue weighted by Crippen LogP contribution is 2.23. The zero-order chi connectivity index (χ0) is 17.0. The van der Waals surface area contributed by atoms with Gasteiger partial charge in [-0.25, -0.2) is 9.78 Å². The smallest absolute Gasteiger partial charge is 0.492 e. The molecule has 1 aliphatic rings. The Kier molecular flexibility index (Phi) is 5.04. The summed E-state index contributed by atoms with van der Waals surface area (Å²) in [4.78, 5) is 31.2. The average Bonchev–Trinajstić information content (AvgIpc) is 2.43. The number of anilines is 1. The van der Waals surface area contributed by atoms with Crippen LogP contribution in [-0.4, -0.2) is 42.7 Å². The SMILES string of the molecule is CCOc1ccc(N(OC(=O)C(F)(F)F)C(=O)C2CNC2)nc1. The highest BCUT2D eigenvalue weighted by Gasteiger charge is 2.45. The molecule has 1 aliphatic heterocycles. The molecule has 0 saturated carbocycles. The Morgan fingerprint density at radius 1 is 1.39 bits per heavy atom. The number of aromatic nitrogens is 1. The Bertz CT molecular complexity index is 573. The molecule has 0 spiro atoms. The second-order valence-electron chi connectivity index (χ2n) is 4.65. The van der Waals surface area contributed by atoms with Crippen LogP contribution in [-0.2, 0) is 14.4 Å². The fourth-order valence-electron chi connectivity index (χ4n) is 1.71. The molecule has 0 bridgehead atoms. The van der Waals surface area contributed by atoms with Crippen molar-refractivity contribution in [1.82, 2.24) is 10.3 Å². The molecule has 126 valence electrons. The van der Waals surface area contributed by atoms with Gasteiger partial charge < -0.3 is 14.9 Å². The second-order valence-corrected chi connectivity index (χ2v) is 4.65. The van der Waals surface area contributed by atoms with Gasteiger partial charge in [0.1, 0.15) is 5.75 Å². The van der Waals surface area contributed by atoms with E-state index in [9.17, 15) is 22.8 Å². The highest BCUT2D eigenvalue weighted by atomic mass is 19.4. The predicted octanol–water partition coefficient (Wildman–Crippen LogP) is 1.05. The van der Waals surface area contributed by atoms with Crippen molar-refractivity contribution >= 4 is 17.7 Å². The highest BCUT2D eigenvalue weighted by molar-refractivity contribution is 5.95. The number of nitrogens with one attached hydrogen (secondary N) is 1. The summed E-state index contributed by atoms with van der Waals surface area (Å²) < 4.78 is 42.3. The molecule has 1 N–H and O–H groups in total. The molecule has 0 aromatic carbocycles. The van der Waals surface area contributed by atoms with Crippen molar-refractivity contribution in [1.29, 1.82) is 0 Å². The van der Waals surface area contributed by atoms with Crippen LogP contribution < -0.4 is 15.1 Å². The van der Waals surface area contributed by atoms with Crippen LogP contribution in [0.15, 0.2) is 18.3 Å². The van der Waals surface area contributed by atoms with E-state index >= 15 is 0 Å². The minimum Gasteiger partial charge on any atom is -0.492 e. The molecule has 2 heterocycles. The molecular formula is C13H14F3N3O4. The van der Waals surface area contributed by atoms with E-state index in [4.69, 9.17) is 4.74 Å². The lowest BCUT2D eigenvalue weighted by Gasteiger charge is -2.30. The first-order valence-electron chi connectivity index (χ1n) is 6.75. The predicted molar refractivity (Wildman–Crippen MR) is 71.4 cm³/mol. The van der Waals surface area contributed by atoms with Gasteiger partial charge in [0.15, 0.2) is 5.82 Å². The van der Waals surface area contributed by atoms with Crippen molar-refractivity contribution in [2.24, 2.45) is 5.92 Å². The molecule has 1 aromatic rings. The molecule has 2 rings (SSSR count).